The fourth-order valence-corrected chi connectivity index (χ4v) is 1.79. The molecule has 2 aromatic rings. The van der Waals surface area contributed by atoms with E-state index in [1.54, 1.807) is 6.92 Å². The molecular weight excluding hydrogens is 290 g/mol. The van der Waals surface area contributed by atoms with Gasteiger partial charge < -0.3 is 5.32 Å². The number of hydrogen-bond donors (Lipinski definition) is 1. The lowest BCUT2D eigenvalue weighted by Crippen LogP contribution is -2.13. The Bertz CT molecular complexity index is 756. The van der Waals surface area contributed by atoms with Crippen molar-refractivity contribution in [2.45, 2.75) is 6.92 Å². The number of rotatable bonds is 4. The first-order valence-electron chi connectivity index (χ1n) is 6.19. The molecule has 8 heteroatoms. The Morgan fingerprint density at radius 1 is 0.955 bits per heavy atom. The van der Waals surface area contributed by atoms with E-state index in [0.29, 0.717) is 11.3 Å². The minimum atomic E-state index is -0.563. The third-order valence-electron chi connectivity index (χ3n) is 3.02. The Morgan fingerprint density at radius 2 is 1.50 bits per heavy atom. The molecule has 0 atom stereocenters. The van der Waals surface area contributed by atoms with Gasteiger partial charge in [0.05, 0.1) is 15.5 Å². The molecule has 0 heterocycles. The highest BCUT2D eigenvalue weighted by molar-refractivity contribution is 6.04. The Labute approximate surface area is 124 Å². The van der Waals surface area contributed by atoms with Gasteiger partial charge in [0, 0.05) is 29.8 Å². The number of non-ortho nitro benzene ring substituents is 2. The number of carbonyl (C=O) groups is 1. The van der Waals surface area contributed by atoms with Crippen molar-refractivity contribution in [2.24, 2.45) is 0 Å². The van der Waals surface area contributed by atoms with Gasteiger partial charge >= 0.3 is 0 Å². The predicted molar refractivity (Wildman–Crippen MR) is 78.9 cm³/mol. The summed E-state index contributed by atoms with van der Waals surface area (Å²) >= 11 is 0. The fourth-order valence-electron chi connectivity index (χ4n) is 1.79. The molecule has 2 rings (SSSR count). The number of benzene rings is 2. The number of nitro benzene ring substituents is 2. The summed E-state index contributed by atoms with van der Waals surface area (Å²) in [4.78, 5) is 32.3. The monoisotopic (exact) mass is 301 g/mol. The van der Waals surface area contributed by atoms with Crippen molar-refractivity contribution in [3.8, 4) is 0 Å². The van der Waals surface area contributed by atoms with E-state index in [9.17, 15) is 25.0 Å². The average Bonchev–Trinajstić information content (AvgIpc) is 2.49. The van der Waals surface area contributed by atoms with Crippen LogP contribution in [-0.2, 0) is 0 Å². The van der Waals surface area contributed by atoms with Crippen molar-refractivity contribution in [3.05, 3.63) is 73.8 Å². The van der Waals surface area contributed by atoms with Gasteiger partial charge in [-0.1, -0.05) is 6.07 Å². The predicted octanol–water partition coefficient (Wildman–Crippen LogP) is 3.06. The summed E-state index contributed by atoms with van der Waals surface area (Å²) in [6.45, 7) is 1.70. The van der Waals surface area contributed by atoms with Crippen molar-refractivity contribution < 1.29 is 14.6 Å². The molecule has 8 nitrogen and oxygen atoms in total. The minimum Gasteiger partial charge on any atom is -0.321 e. The Hall–Kier alpha value is -3.29. The van der Waals surface area contributed by atoms with E-state index in [1.807, 2.05) is 0 Å². The Morgan fingerprint density at radius 3 is 2.05 bits per heavy atom. The summed E-state index contributed by atoms with van der Waals surface area (Å²) in [7, 11) is 0. The second-order valence-corrected chi connectivity index (χ2v) is 4.51. The summed E-state index contributed by atoms with van der Waals surface area (Å²) in [6, 6.07) is 9.21. The van der Waals surface area contributed by atoms with Gasteiger partial charge in [0.2, 0.25) is 0 Å². The van der Waals surface area contributed by atoms with E-state index in [2.05, 4.69) is 5.32 Å². The third kappa shape index (κ3) is 3.23. The molecule has 0 spiro atoms. The van der Waals surface area contributed by atoms with E-state index in [0.717, 1.165) is 0 Å². The summed E-state index contributed by atoms with van der Waals surface area (Å²) < 4.78 is 0. The van der Waals surface area contributed by atoms with Crippen LogP contribution in [0.5, 0.6) is 0 Å². The summed E-state index contributed by atoms with van der Waals surface area (Å²) in [5.41, 5.74) is 0.947. The van der Waals surface area contributed by atoms with Crippen LogP contribution in [0.2, 0.25) is 0 Å². The van der Waals surface area contributed by atoms with Crippen LogP contribution in [0.4, 0.5) is 17.1 Å². The van der Waals surface area contributed by atoms with Crippen LogP contribution >= 0.6 is 0 Å². The van der Waals surface area contributed by atoms with Crippen molar-refractivity contribution in [3.63, 3.8) is 0 Å². The van der Waals surface area contributed by atoms with E-state index in [4.69, 9.17) is 0 Å². The summed E-state index contributed by atoms with van der Waals surface area (Å²) in [6.07, 6.45) is 0. The van der Waals surface area contributed by atoms with Gasteiger partial charge in [-0.15, -0.1) is 0 Å². The van der Waals surface area contributed by atoms with Gasteiger partial charge in [0.15, 0.2) is 0 Å². The molecule has 0 aliphatic carbocycles. The molecule has 0 fully saturated rings. The second kappa shape index (κ2) is 6.00. The van der Waals surface area contributed by atoms with E-state index >= 15 is 0 Å². The van der Waals surface area contributed by atoms with Crippen LogP contribution in [0.3, 0.4) is 0 Å². The van der Waals surface area contributed by atoms with Gasteiger partial charge in [-0.3, -0.25) is 25.0 Å². The maximum Gasteiger partial charge on any atom is 0.271 e. The van der Waals surface area contributed by atoms with Crippen molar-refractivity contribution in [2.75, 3.05) is 5.32 Å². The number of carbonyl (C=O) groups excluding carboxylic acids is 1. The van der Waals surface area contributed by atoms with Crippen LogP contribution in [0.15, 0.2) is 42.5 Å². The van der Waals surface area contributed by atoms with Gasteiger partial charge in [-0.25, -0.2) is 0 Å². The van der Waals surface area contributed by atoms with Crippen LogP contribution in [0.25, 0.3) is 0 Å². The van der Waals surface area contributed by atoms with E-state index in [-0.39, 0.29) is 16.9 Å². The molecule has 0 bridgehead atoms. The second-order valence-electron chi connectivity index (χ2n) is 4.51. The first kappa shape index (κ1) is 15.1. The van der Waals surface area contributed by atoms with E-state index < -0.39 is 15.8 Å². The lowest BCUT2D eigenvalue weighted by atomic mass is 10.1. The summed E-state index contributed by atoms with van der Waals surface area (Å²) in [5.74, 6) is -0.501. The fraction of sp³-hybridized carbons (Fsp3) is 0.0714. The highest BCUT2D eigenvalue weighted by Gasteiger charge is 2.13. The number of hydrogen-bond acceptors (Lipinski definition) is 5. The lowest BCUT2D eigenvalue weighted by Gasteiger charge is -2.08. The molecule has 1 amide bonds. The lowest BCUT2D eigenvalue weighted by molar-refractivity contribution is -0.385. The quantitative estimate of drug-likeness (QED) is 0.688. The molecule has 0 saturated carbocycles. The molecule has 0 aliphatic rings. The zero-order chi connectivity index (χ0) is 16.3. The molecule has 0 aromatic heterocycles. The Balaban J connectivity index is 2.23. The topological polar surface area (TPSA) is 115 Å². The van der Waals surface area contributed by atoms with E-state index in [1.165, 1.54) is 42.5 Å². The van der Waals surface area contributed by atoms with Crippen LogP contribution in [0.1, 0.15) is 15.9 Å². The number of nitrogens with zero attached hydrogens (tertiary/aromatic N) is 2. The zero-order valence-electron chi connectivity index (χ0n) is 11.5. The number of nitrogens with one attached hydrogen (secondary N) is 1. The molecule has 0 aliphatic heterocycles. The van der Waals surface area contributed by atoms with Crippen molar-refractivity contribution >= 4 is 23.0 Å². The van der Waals surface area contributed by atoms with Crippen molar-refractivity contribution in [1.82, 2.24) is 0 Å². The normalized spacial score (nSPS) is 10.0. The van der Waals surface area contributed by atoms with Crippen molar-refractivity contribution in [1.29, 1.82) is 0 Å². The molecular formula is C14H11N3O5. The van der Waals surface area contributed by atoms with Crippen LogP contribution in [0, 0.1) is 27.2 Å². The maximum atomic E-state index is 12.1. The summed E-state index contributed by atoms with van der Waals surface area (Å²) in [5, 5.41) is 23.9. The SMILES string of the molecule is Cc1ccc([N+](=O)[O-])cc1NC(=O)c1ccc([N+](=O)[O-])cc1. The molecule has 0 radical (unpaired) electrons. The number of aryl methyl sites for hydroxylation is 1. The number of anilines is 1. The zero-order valence-corrected chi connectivity index (χ0v) is 11.5. The molecule has 112 valence electrons. The van der Waals surface area contributed by atoms with Crippen LogP contribution < -0.4 is 5.32 Å². The number of amides is 1. The minimum absolute atomic E-state index is 0.122. The average molecular weight is 301 g/mol. The van der Waals surface area contributed by atoms with Gasteiger partial charge in [-0.05, 0) is 24.6 Å². The Kier molecular flexibility index (Phi) is 4.12. The highest BCUT2D eigenvalue weighted by atomic mass is 16.6. The van der Waals surface area contributed by atoms with Gasteiger partial charge in [-0.2, -0.15) is 0 Å². The first-order chi connectivity index (χ1) is 10.4. The first-order valence-corrected chi connectivity index (χ1v) is 6.19. The third-order valence-corrected chi connectivity index (χ3v) is 3.02. The smallest absolute Gasteiger partial charge is 0.271 e. The molecule has 2 aromatic carbocycles. The largest absolute Gasteiger partial charge is 0.321 e. The van der Waals surface area contributed by atoms with Gasteiger partial charge in [0.25, 0.3) is 17.3 Å². The van der Waals surface area contributed by atoms with Crippen LogP contribution in [-0.4, -0.2) is 15.8 Å². The highest BCUT2D eigenvalue weighted by Crippen LogP contribution is 2.22. The molecule has 1 N–H and O–H groups in total. The molecule has 0 unspecified atom stereocenters. The maximum absolute atomic E-state index is 12.1. The number of nitro groups is 2. The standard InChI is InChI=1S/C14H11N3O5/c1-9-2-5-12(17(21)22)8-13(9)15-14(18)10-3-6-11(7-4-10)16(19)20/h2-8H,1H3,(H,15,18). The molecule has 0 saturated heterocycles. The molecule has 22 heavy (non-hydrogen) atoms. The van der Waals surface area contributed by atoms with Gasteiger partial charge in [0.1, 0.15) is 0 Å².